The zero-order valence-corrected chi connectivity index (χ0v) is 19.8. The lowest BCUT2D eigenvalue weighted by Crippen LogP contribution is -2.50. The molecule has 2 fully saturated rings. The molecule has 7 nitrogen and oxygen atoms in total. The quantitative estimate of drug-likeness (QED) is 0.631. The lowest BCUT2D eigenvalue weighted by molar-refractivity contribution is 0.0585. The highest BCUT2D eigenvalue weighted by atomic mass is 32.2. The molecule has 32 heavy (non-hydrogen) atoms. The summed E-state index contributed by atoms with van der Waals surface area (Å²) in [4.78, 5) is 6.82. The minimum atomic E-state index is -3.57. The van der Waals surface area contributed by atoms with Crippen LogP contribution in [0.1, 0.15) is 38.2 Å². The number of sulfonamides is 1. The second kappa shape index (κ2) is 10.2. The van der Waals surface area contributed by atoms with Crippen molar-refractivity contribution in [2.75, 3.05) is 32.8 Å². The van der Waals surface area contributed by atoms with Gasteiger partial charge in [0.1, 0.15) is 22.5 Å². The molecule has 1 aromatic heterocycles. The van der Waals surface area contributed by atoms with Crippen molar-refractivity contribution in [2.45, 2.75) is 56.6 Å². The molecule has 4 rings (SSSR count). The highest BCUT2D eigenvalue weighted by molar-refractivity contribution is 7.89. The molecule has 2 aliphatic rings. The first kappa shape index (κ1) is 23.0. The van der Waals surface area contributed by atoms with Crippen molar-refractivity contribution in [3.05, 3.63) is 48.3 Å². The number of piperidine rings is 2. The molecular weight excluding hydrogens is 426 g/mol. The van der Waals surface area contributed by atoms with Crippen molar-refractivity contribution in [3.63, 3.8) is 0 Å². The predicted molar refractivity (Wildman–Crippen MR) is 124 cm³/mol. The van der Waals surface area contributed by atoms with Crippen LogP contribution in [0.5, 0.6) is 11.5 Å². The third kappa shape index (κ3) is 5.24. The van der Waals surface area contributed by atoms with Gasteiger partial charge in [-0.05, 0) is 69.4 Å². The monoisotopic (exact) mass is 459 g/mol. The summed E-state index contributed by atoms with van der Waals surface area (Å²) in [7, 11) is -3.57. The van der Waals surface area contributed by atoms with Crippen molar-refractivity contribution < 1.29 is 17.9 Å². The maximum absolute atomic E-state index is 13.3. The molecule has 0 bridgehead atoms. The molecule has 0 atom stereocenters. The minimum absolute atomic E-state index is 0.229. The Kier molecular flexibility index (Phi) is 7.33. The molecular formula is C24H33N3O4S. The second-order valence-electron chi connectivity index (χ2n) is 8.55. The number of nitrogens with zero attached hydrogens (tertiary/aromatic N) is 3. The number of rotatable bonds is 7. The molecule has 0 unspecified atom stereocenters. The number of pyridine rings is 1. The van der Waals surface area contributed by atoms with E-state index in [4.69, 9.17) is 9.47 Å². The first-order chi connectivity index (χ1) is 15.5. The summed E-state index contributed by atoms with van der Waals surface area (Å²) >= 11 is 0. The molecule has 2 aromatic rings. The topological polar surface area (TPSA) is 72.0 Å². The predicted octanol–water partition coefficient (Wildman–Crippen LogP) is 3.49. The zero-order valence-electron chi connectivity index (χ0n) is 18.9. The van der Waals surface area contributed by atoms with E-state index in [0.717, 1.165) is 50.1 Å². The molecule has 0 amide bonds. The third-order valence-electron chi connectivity index (χ3n) is 6.39. The first-order valence-electron chi connectivity index (χ1n) is 11.5. The van der Waals surface area contributed by atoms with Gasteiger partial charge in [0.2, 0.25) is 10.0 Å². The van der Waals surface area contributed by atoms with E-state index in [1.165, 1.54) is 0 Å². The summed E-state index contributed by atoms with van der Waals surface area (Å²) in [6.07, 6.45) is 7.41. The Morgan fingerprint density at radius 3 is 2.34 bits per heavy atom. The lowest BCUT2D eigenvalue weighted by Gasteiger charge is -2.41. The maximum Gasteiger partial charge on any atom is 0.246 e. The van der Waals surface area contributed by atoms with Gasteiger partial charge in [-0.3, -0.25) is 4.98 Å². The van der Waals surface area contributed by atoms with Gasteiger partial charge in [-0.15, -0.1) is 0 Å². The molecule has 0 saturated carbocycles. The SMILES string of the molecule is CCOc1ccc(C)cc1S(=O)(=O)N1CCC(N2CCC(Oc3ccncc3)CC2)CC1. The van der Waals surface area contributed by atoms with Gasteiger partial charge in [0.15, 0.2) is 0 Å². The van der Waals surface area contributed by atoms with Crippen LogP contribution >= 0.6 is 0 Å². The molecule has 2 aliphatic heterocycles. The standard InChI is InChI=1S/C24H33N3O4S/c1-3-30-23-5-4-19(2)18-24(23)32(28,29)27-16-8-20(9-17-27)26-14-10-22(11-15-26)31-21-6-12-25-13-7-21/h4-7,12-13,18,20,22H,3,8-11,14-17H2,1-2H3. The molecule has 0 spiro atoms. The molecule has 0 radical (unpaired) electrons. The van der Waals surface area contributed by atoms with Gasteiger partial charge in [0, 0.05) is 44.6 Å². The van der Waals surface area contributed by atoms with Gasteiger partial charge >= 0.3 is 0 Å². The fraction of sp³-hybridized carbons (Fsp3) is 0.542. The van der Waals surface area contributed by atoms with Crippen molar-refractivity contribution in [2.24, 2.45) is 0 Å². The number of aromatic nitrogens is 1. The maximum atomic E-state index is 13.3. The van der Waals surface area contributed by atoms with Crippen LogP contribution in [0, 0.1) is 6.92 Å². The van der Waals surface area contributed by atoms with Gasteiger partial charge in [0.05, 0.1) is 6.61 Å². The Hall–Kier alpha value is -2.16. The van der Waals surface area contributed by atoms with E-state index in [-0.39, 0.29) is 11.0 Å². The fourth-order valence-corrected chi connectivity index (χ4v) is 6.33. The Morgan fingerprint density at radius 1 is 1.00 bits per heavy atom. The Morgan fingerprint density at radius 2 is 1.69 bits per heavy atom. The van der Waals surface area contributed by atoms with Crippen LogP contribution in [-0.2, 0) is 10.0 Å². The smallest absolute Gasteiger partial charge is 0.246 e. The molecule has 0 aliphatic carbocycles. The lowest BCUT2D eigenvalue weighted by atomic mass is 10.00. The van der Waals surface area contributed by atoms with E-state index in [9.17, 15) is 8.42 Å². The molecule has 174 valence electrons. The summed E-state index contributed by atoms with van der Waals surface area (Å²) in [5.41, 5.74) is 0.916. The van der Waals surface area contributed by atoms with Crippen LogP contribution in [0.2, 0.25) is 0 Å². The van der Waals surface area contributed by atoms with Crippen LogP contribution < -0.4 is 9.47 Å². The van der Waals surface area contributed by atoms with E-state index >= 15 is 0 Å². The largest absolute Gasteiger partial charge is 0.492 e. The summed E-state index contributed by atoms with van der Waals surface area (Å²) in [6, 6.07) is 9.59. The van der Waals surface area contributed by atoms with E-state index in [0.29, 0.717) is 31.5 Å². The second-order valence-corrected chi connectivity index (χ2v) is 10.5. The average Bonchev–Trinajstić information content (AvgIpc) is 2.82. The van der Waals surface area contributed by atoms with E-state index in [1.807, 2.05) is 32.0 Å². The molecule has 1 aromatic carbocycles. The normalized spacial score (nSPS) is 19.7. The van der Waals surface area contributed by atoms with Crippen LogP contribution in [0.4, 0.5) is 0 Å². The highest BCUT2D eigenvalue weighted by Gasteiger charge is 2.34. The summed E-state index contributed by atoms with van der Waals surface area (Å²) in [6.45, 7) is 7.27. The molecule has 0 N–H and O–H groups in total. The minimum Gasteiger partial charge on any atom is -0.492 e. The number of hydrogen-bond acceptors (Lipinski definition) is 6. The van der Waals surface area contributed by atoms with E-state index < -0.39 is 10.0 Å². The van der Waals surface area contributed by atoms with E-state index in [1.54, 1.807) is 28.8 Å². The molecule has 8 heteroatoms. The van der Waals surface area contributed by atoms with Gasteiger partial charge in [-0.1, -0.05) is 6.07 Å². The Labute approximate surface area is 191 Å². The number of aryl methyl sites for hydroxylation is 1. The summed E-state index contributed by atoms with van der Waals surface area (Å²) < 4.78 is 40.0. The van der Waals surface area contributed by atoms with Gasteiger partial charge in [-0.2, -0.15) is 4.31 Å². The van der Waals surface area contributed by atoms with Crippen molar-refractivity contribution in [1.82, 2.24) is 14.2 Å². The van der Waals surface area contributed by atoms with Crippen molar-refractivity contribution >= 4 is 10.0 Å². The van der Waals surface area contributed by atoms with Crippen LogP contribution in [-0.4, -0.2) is 67.5 Å². The van der Waals surface area contributed by atoms with Crippen molar-refractivity contribution in [3.8, 4) is 11.5 Å². The third-order valence-corrected chi connectivity index (χ3v) is 8.31. The number of likely N-dealkylation sites (tertiary alicyclic amines) is 1. The Balaban J connectivity index is 1.32. The first-order valence-corrected chi connectivity index (χ1v) is 13.0. The highest BCUT2D eigenvalue weighted by Crippen LogP contribution is 2.31. The van der Waals surface area contributed by atoms with Crippen molar-refractivity contribution in [1.29, 1.82) is 0 Å². The fourth-order valence-electron chi connectivity index (χ4n) is 4.65. The van der Waals surface area contributed by atoms with Gasteiger partial charge in [-0.25, -0.2) is 8.42 Å². The molecule has 3 heterocycles. The number of ether oxygens (including phenoxy) is 2. The number of benzene rings is 1. The van der Waals surface area contributed by atoms with Crippen LogP contribution in [0.3, 0.4) is 0 Å². The van der Waals surface area contributed by atoms with E-state index in [2.05, 4.69) is 9.88 Å². The van der Waals surface area contributed by atoms with Crippen LogP contribution in [0.15, 0.2) is 47.6 Å². The number of hydrogen-bond donors (Lipinski definition) is 0. The van der Waals surface area contributed by atoms with Gasteiger partial charge < -0.3 is 14.4 Å². The van der Waals surface area contributed by atoms with Crippen LogP contribution in [0.25, 0.3) is 0 Å². The summed E-state index contributed by atoms with van der Waals surface area (Å²) in [5.74, 6) is 1.32. The summed E-state index contributed by atoms with van der Waals surface area (Å²) in [5, 5.41) is 0. The van der Waals surface area contributed by atoms with Gasteiger partial charge in [0.25, 0.3) is 0 Å². The molecule has 2 saturated heterocycles. The average molecular weight is 460 g/mol. The zero-order chi connectivity index (χ0) is 22.6. The Bertz CT molecular complexity index is 984.